The molecule has 7 heteroatoms. The van der Waals surface area contributed by atoms with Crippen LogP contribution < -0.4 is 5.32 Å². The van der Waals surface area contributed by atoms with Gasteiger partial charge in [-0.25, -0.2) is 0 Å². The highest BCUT2D eigenvalue weighted by atomic mass is 19.4. The molecule has 0 aromatic carbocycles. The van der Waals surface area contributed by atoms with Crippen molar-refractivity contribution in [2.45, 2.75) is 31.5 Å². The van der Waals surface area contributed by atoms with Gasteiger partial charge < -0.3 is 15.3 Å². The van der Waals surface area contributed by atoms with Crippen LogP contribution in [0.2, 0.25) is 0 Å². The Hall–Kier alpha value is -0.820. The number of nitrogens with zero attached hydrogens (tertiary/aromatic N) is 1. The van der Waals surface area contributed by atoms with Crippen molar-refractivity contribution in [3.8, 4) is 0 Å². The lowest BCUT2D eigenvalue weighted by atomic mass is 9.90. The van der Waals surface area contributed by atoms with E-state index in [0.717, 1.165) is 6.54 Å². The number of carboxylic acids is 1. The number of likely N-dealkylation sites (N-methyl/N-ethyl adjacent to an activating group) is 1. The summed E-state index contributed by atoms with van der Waals surface area (Å²) in [7, 11) is 1.84. The Labute approximate surface area is 104 Å². The van der Waals surface area contributed by atoms with Crippen molar-refractivity contribution < 1.29 is 23.1 Å². The number of rotatable bonds is 5. The molecule has 106 valence electrons. The third-order valence-corrected chi connectivity index (χ3v) is 3.08. The van der Waals surface area contributed by atoms with Crippen LogP contribution in [0.15, 0.2) is 0 Å². The highest BCUT2D eigenvalue weighted by Crippen LogP contribution is 2.21. The number of piperidine rings is 1. The lowest BCUT2D eigenvalue weighted by Gasteiger charge is -2.36. The van der Waals surface area contributed by atoms with Crippen LogP contribution in [-0.4, -0.2) is 54.9 Å². The third kappa shape index (κ3) is 6.20. The van der Waals surface area contributed by atoms with E-state index in [2.05, 4.69) is 5.32 Å². The Balaban J connectivity index is 2.38. The van der Waals surface area contributed by atoms with Gasteiger partial charge in [0.15, 0.2) is 0 Å². The maximum absolute atomic E-state index is 12.1. The van der Waals surface area contributed by atoms with Crippen LogP contribution in [0.1, 0.15) is 19.3 Å². The zero-order valence-corrected chi connectivity index (χ0v) is 10.3. The first kappa shape index (κ1) is 15.2. The summed E-state index contributed by atoms with van der Waals surface area (Å²) in [6, 6.07) is -0.218. The Morgan fingerprint density at radius 2 is 2.11 bits per heavy atom. The molecule has 1 aliphatic heterocycles. The Bertz CT molecular complexity index is 284. The zero-order valence-electron chi connectivity index (χ0n) is 10.3. The van der Waals surface area contributed by atoms with E-state index in [1.807, 2.05) is 11.9 Å². The second-order valence-electron chi connectivity index (χ2n) is 4.95. The normalized spacial score (nSPS) is 26.2. The molecule has 0 bridgehead atoms. The predicted molar refractivity (Wildman–Crippen MR) is 60.3 cm³/mol. The van der Waals surface area contributed by atoms with E-state index >= 15 is 0 Å². The maximum atomic E-state index is 12.1. The third-order valence-electron chi connectivity index (χ3n) is 3.08. The monoisotopic (exact) mass is 268 g/mol. The van der Waals surface area contributed by atoms with Gasteiger partial charge in [-0.2, -0.15) is 13.2 Å². The highest BCUT2D eigenvalue weighted by molar-refractivity contribution is 5.66. The molecule has 0 aliphatic carbocycles. The van der Waals surface area contributed by atoms with Gasteiger partial charge in [0.1, 0.15) is 0 Å². The fraction of sp³-hybridized carbons (Fsp3) is 0.909. The topological polar surface area (TPSA) is 52.6 Å². The number of alkyl halides is 3. The summed E-state index contributed by atoms with van der Waals surface area (Å²) in [5, 5.41) is 11.1. The van der Waals surface area contributed by atoms with E-state index < -0.39 is 18.7 Å². The molecule has 1 aliphatic rings. The first-order chi connectivity index (χ1) is 8.26. The van der Waals surface area contributed by atoms with Crippen LogP contribution in [0.4, 0.5) is 13.2 Å². The summed E-state index contributed by atoms with van der Waals surface area (Å²) in [4.78, 5) is 12.4. The van der Waals surface area contributed by atoms with Gasteiger partial charge in [-0.15, -0.1) is 0 Å². The number of carboxylic acid groups (broad SMARTS) is 1. The molecule has 0 amide bonds. The summed E-state index contributed by atoms with van der Waals surface area (Å²) < 4.78 is 36.3. The van der Waals surface area contributed by atoms with Crippen molar-refractivity contribution in [3.05, 3.63) is 0 Å². The minimum atomic E-state index is -4.20. The van der Waals surface area contributed by atoms with E-state index in [-0.39, 0.29) is 18.4 Å². The molecule has 18 heavy (non-hydrogen) atoms. The minimum absolute atomic E-state index is 0.0739. The average molecular weight is 268 g/mol. The minimum Gasteiger partial charge on any atom is -0.481 e. The number of aliphatic carboxylic acids is 1. The number of nitrogens with one attached hydrogen (secondary N) is 1. The standard InChI is InChI=1S/C11H19F3N2O2/c1-16-5-8(2-3-10(17)18)4-9(6-16)15-7-11(12,13)14/h8-9,15H,2-7H2,1H3,(H,17,18). The molecule has 0 aromatic heterocycles. The van der Waals surface area contributed by atoms with Gasteiger partial charge in [0.25, 0.3) is 0 Å². The summed E-state index contributed by atoms with van der Waals surface area (Å²) >= 11 is 0. The molecule has 1 fully saturated rings. The molecule has 2 N–H and O–H groups in total. The number of hydrogen-bond acceptors (Lipinski definition) is 3. The number of likely N-dealkylation sites (tertiary alicyclic amines) is 1. The van der Waals surface area contributed by atoms with Gasteiger partial charge >= 0.3 is 12.1 Å². The molecule has 0 radical (unpaired) electrons. The number of carbonyl (C=O) groups is 1. The van der Waals surface area contributed by atoms with Gasteiger partial charge in [-0.1, -0.05) is 0 Å². The maximum Gasteiger partial charge on any atom is 0.401 e. The van der Waals surface area contributed by atoms with Crippen LogP contribution in [0.5, 0.6) is 0 Å². The second-order valence-corrected chi connectivity index (χ2v) is 4.95. The molecular formula is C11H19F3N2O2. The van der Waals surface area contributed by atoms with Crippen molar-refractivity contribution >= 4 is 5.97 Å². The summed E-state index contributed by atoms with van der Waals surface area (Å²) in [6.45, 7) is 0.328. The Morgan fingerprint density at radius 1 is 1.44 bits per heavy atom. The van der Waals surface area contributed by atoms with Gasteiger partial charge in [0.2, 0.25) is 0 Å². The van der Waals surface area contributed by atoms with Crippen LogP contribution in [0.25, 0.3) is 0 Å². The summed E-state index contributed by atoms with van der Waals surface area (Å²) in [5.41, 5.74) is 0. The van der Waals surface area contributed by atoms with Crippen molar-refractivity contribution in [1.82, 2.24) is 10.2 Å². The van der Waals surface area contributed by atoms with Gasteiger partial charge in [-0.3, -0.25) is 4.79 Å². The fourth-order valence-corrected chi connectivity index (χ4v) is 2.39. The molecule has 1 heterocycles. The molecule has 1 rings (SSSR count). The van der Waals surface area contributed by atoms with E-state index in [0.29, 0.717) is 19.4 Å². The molecule has 1 saturated heterocycles. The van der Waals surface area contributed by atoms with Crippen LogP contribution >= 0.6 is 0 Å². The average Bonchev–Trinajstić information content (AvgIpc) is 2.22. The highest BCUT2D eigenvalue weighted by Gasteiger charge is 2.31. The first-order valence-electron chi connectivity index (χ1n) is 5.96. The van der Waals surface area contributed by atoms with E-state index in [1.54, 1.807) is 0 Å². The number of halogens is 3. The van der Waals surface area contributed by atoms with Crippen LogP contribution in [0, 0.1) is 5.92 Å². The van der Waals surface area contributed by atoms with Gasteiger partial charge in [0.05, 0.1) is 6.54 Å². The quantitative estimate of drug-likeness (QED) is 0.789. The first-order valence-corrected chi connectivity index (χ1v) is 5.96. The molecule has 2 atom stereocenters. The second kappa shape index (κ2) is 6.38. The Morgan fingerprint density at radius 3 is 2.67 bits per heavy atom. The van der Waals surface area contributed by atoms with E-state index in [1.165, 1.54) is 0 Å². The molecule has 0 spiro atoms. The van der Waals surface area contributed by atoms with E-state index in [4.69, 9.17) is 5.11 Å². The summed E-state index contributed by atoms with van der Waals surface area (Å²) in [5.74, 6) is -0.714. The van der Waals surface area contributed by atoms with Crippen molar-refractivity contribution in [2.75, 3.05) is 26.7 Å². The smallest absolute Gasteiger partial charge is 0.401 e. The zero-order chi connectivity index (χ0) is 13.8. The van der Waals surface area contributed by atoms with Crippen molar-refractivity contribution in [2.24, 2.45) is 5.92 Å². The van der Waals surface area contributed by atoms with Crippen LogP contribution in [-0.2, 0) is 4.79 Å². The van der Waals surface area contributed by atoms with E-state index in [9.17, 15) is 18.0 Å². The molecule has 2 unspecified atom stereocenters. The van der Waals surface area contributed by atoms with Crippen LogP contribution in [0.3, 0.4) is 0 Å². The fourth-order valence-electron chi connectivity index (χ4n) is 2.39. The summed E-state index contributed by atoms with van der Waals surface area (Å²) in [6.07, 6.45) is -3.01. The predicted octanol–water partition coefficient (Wildman–Crippen LogP) is 1.32. The van der Waals surface area contributed by atoms with Crippen molar-refractivity contribution in [3.63, 3.8) is 0 Å². The lowest BCUT2D eigenvalue weighted by molar-refractivity contribution is -0.137. The van der Waals surface area contributed by atoms with Gasteiger partial charge in [-0.05, 0) is 25.8 Å². The number of hydrogen-bond donors (Lipinski definition) is 2. The largest absolute Gasteiger partial charge is 0.481 e. The lowest BCUT2D eigenvalue weighted by Crippen LogP contribution is -2.49. The van der Waals surface area contributed by atoms with Gasteiger partial charge in [0, 0.05) is 25.6 Å². The molecule has 4 nitrogen and oxygen atoms in total. The molecule has 0 aromatic rings. The molecule has 0 saturated carbocycles. The van der Waals surface area contributed by atoms with Crippen molar-refractivity contribution in [1.29, 1.82) is 0 Å². The SMILES string of the molecule is CN1CC(CCC(=O)O)CC(NCC(F)(F)F)C1. The molecular weight excluding hydrogens is 249 g/mol. The Kier molecular flexibility index (Phi) is 5.40.